The lowest BCUT2D eigenvalue weighted by molar-refractivity contribution is 0.0843. The van der Waals surface area contributed by atoms with E-state index in [0.29, 0.717) is 22.8 Å². The molecule has 0 radical (unpaired) electrons. The van der Waals surface area contributed by atoms with Crippen molar-refractivity contribution in [1.29, 1.82) is 0 Å². The predicted octanol–water partition coefficient (Wildman–Crippen LogP) is 2.60. The first-order valence-corrected chi connectivity index (χ1v) is 9.73. The van der Waals surface area contributed by atoms with Gasteiger partial charge < -0.3 is 0 Å². The number of fused-ring (bicyclic) bond motifs is 1. The highest BCUT2D eigenvalue weighted by atomic mass is 16.2. The number of carbonyl (C=O) groups excluding carboxylic acids is 2. The Kier molecular flexibility index (Phi) is 5.57. The molecule has 0 saturated carbocycles. The van der Waals surface area contributed by atoms with Crippen molar-refractivity contribution in [2.75, 3.05) is 0 Å². The summed E-state index contributed by atoms with van der Waals surface area (Å²) in [6.45, 7) is 0. The van der Waals surface area contributed by atoms with Crippen molar-refractivity contribution in [3.8, 4) is 0 Å². The summed E-state index contributed by atoms with van der Waals surface area (Å²) in [4.78, 5) is 37.7. The fourth-order valence-electron chi connectivity index (χ4n) is 3.42. The van der Waals surface area contributed by atoms with Crippen LogP contribution in [0.4, 0.5) is 0 Å². The van der Waals surface area contributed by atoms with Crippen LogP contribution in [0.5, 0.6) is 0 Å². The molecule has 0 saturated heterocycles. The Morgan fingerprint density at radius 2 is 1.42 bits per heavy atom. The van der Waals surface area contributed by atoms with Crippen molar-refractivity contribution in [1.82, 2.24) is 20.6 Å². The zero-order valence-corrected chi connectivity index (χ0v) is 16.8. The van der Waals surface area contributed by atoms with E-state index in [1.807, 2.05) is 42.5 Å². The predicted molar refractivity (Wildman–Crippen MR) is 118 cm³/mol. The zero-order chi connectivity index (χ0) is 21.8. The largest absolute Gasteiger partial charge is 0.290 e. The molecular weight excluding hydrogens is 392 g/mol. The maximum Gasteiger partial charge on any atom is 0.290 e. The Hall–Kier alpha value is -4.26. The molecule has 0 fully saturated rings. The van der Waals surface area contributed by atoms with Gasteiger partial charge in [0.25, 0.3) is 17.4 Å². The fourth-order valence-corrected chi connectivity index (χ4v) is 3.42. The number of rotatable bonds is 4. The summed E-state index contributed by atoms with van der Waals surface area (Å²) in [5.41, 5.74) is 7.00. The Bertz CT molecular complexity index is 1330. The van der Waals surface area contributed by atoms with E-state index in [9.17, 15) is 14.4 Å². The molecule has 0 bridgehead atoms. The van der Waals surface area contributed by atoms with E-state index in [-0.39, 0.29) is 11.3 Å². The molecular formula is C24H20N4O3. The van der Waals surface area contributed by atoms with E-state index in [2.05, 4.69) is 16.0 Å². The van der Waals surface area contributed by atoms with Crippen molar-refractivity contribution >= 4 is 22.6 Å². The quantitative estimate of drug-likeness (QED) is 0.504. The molecule has 2 N–H and O–H groups in total. The van der Waals surface area contributed by atoms with Gasteiger partial charge in [-0.2, -0.15) is 5.10 Å². The van der Waals surface area contributed by atoms with Crippen LogP contribution in [0.2, 0.25) is 0 Å². The third-order valence-corrected chi connectivity index (χ3v) is 4.96. The number of hydrazine groups is 1. The van der Waals surface area contributed by atoms with Crippen LogP contribution in [-0.2, 0) is 13.5 Å². The molecule has 0 aliphatic carbocycles. The zero-order valence-electron chi connectivity index (χ0n) is 16.8. The molecule has 31 heavy (non-hydrogen) atoms. The van der Waals surface area contributed by atoms with Gasteiger partial charge in [0.2, 0.25) is 0 Å². The maximum absolute atomic E-state index is 12.8. The van der Waals surface area contributed by atoms with E-state index in [0.717, 1.165) is 15.8 Å². The van der Waals surface area contributed by atoms with Crippen molar-refractivity contribution in [2.24, 2.45) is 7.05 Å². The second-order valence-electron chi connectivity index (χ2n) is 7.05. The number of nitrogens with one attached hydrogen (secondary N) is 2. The number of benzene rings is 3. The van der Waals surface area contributed by atoms with Gasteiger partial charge in [0.05, 0.1) is 5.39 Å². The van der Waals surface area contributed by atoms with Crippen LogP contribution in [0.3, 0.4) is 0 Å². The third kappa shape index (κ3) is 4.20. The van der Waals surface area contributed by atoms with Gasteiger partial charge in [-0.05, 0) is 29.7 Å². The molecule has 0 spiro atoms. The first-order valence-electron chi connectivity index (χ1n) is 9.73. The minimum atomic E-state index is -0.610. The van der Waals surface area contributed by atoms with Crippen molar-refractivity contribution < 1.29 is 9.59 Å². The van der Waals surface area contributed by atoms with E-state index in [4.69, 9.17) is 0 Å². The number of hydrogen-bond donors (Lipinski definition) is 2. The van der Waals surface area contributed by atoms with E-state index < -0.39 is 11.8 Å². The lowest BCUT2D eigenvalue weighted by Gasteiger charge is -2.12. The van der Waals surface area contributed by atoms with Gasteiger partial charge in [-0.25, -0.2) is 4.68 Å². The molecule has 0 aliphatic rings. The molecule has 0 aliphatic heterocycles. The van der Waals surface area contributed by atoms with Crippen LogP contribution in [0.25, 0.3) is 10.8 Å². The number of amides is 2. The summed E-state index contributed by atoms with van der Waals surface area (Å²) < 4.78 is 1.11. The monoisotopic (exact) mass is 412 g/mol. The van der Waals surface area contributed by atoms with E-state index in [1.54, 1.807) is 36.4 Å². The minimum Gasteiger partial charge on any atom is -0.267 e. The Balaban J connectivity index is 1.54. The second-order valence-corrected chi connectivity index (χ2v) is 7.05. The number of hydrogen-bond acceptors (Lipinski definition) is 4. The van der Waals surface area contributed by atoms with Crippen molar-refractivity contribution in [3.63, 3.8) is 0 Å². The number of aryl methyl sites for hydroxylation is 1. The highest BCUT2D eigenvalue weighted by Crippen LogP contribution is 2.15. The molecule has 4 rings (SSSR count). The number of nitrogens with zero attached hydrogens (tertiary/aromatic N) is 2. The summed E-state index contributed by atoms with van der Waals surface area (Å²) in [7, 11) is 1.48. The molecule has 154 valence electrons. The highest BCUT2D eigenvalue weighted by Gasteiger charge is 2.17. The second kappa shape index (κ2) is 8.62. The fraction of sp³-hybridized carbons (Fsp3) is 0.0833. The summed E-state index contributed by atoms with van der Waals surface area (Å²) in [6, 6.07) is 23.8. The molecule has 0 unspecified atom stereocenters. The van der Waals surface area contributed by atoms with Gasteiger partial charge in [-0.3, -0.25) is 25.2 Å². The Morgan fingerprint density at radius 1 is 0.806 bits per heavy atom. The average molecular weight is 412 g/mol. The molecule has 1 aromatic heterocycles. The van der Waals surface area contributed by atoms with Gasteiger partial charge >= 0.3 is 0 Å². The molecule has 7 heteroatoms. The van der Waals surface area contributed by atoms with Crippen LogP contribution < -0.4 is 16.4 Å². The number of aromatic nitrogens is 2. The van der Waals surface area contributed by atoms with E-state index in [1.165, 1.54) is 7.05 Å². The van der Waals surface area contributed by atoms with Gasteiger partial charge in [-0.1, -0.05) is 66.7 Å². The minimum absolute atomic E-state index is 0.0515. The SMILES string of the molecule is Cn1nc(C(=O)NNC(=O)c2ccccc2Cc2ccccc2)c2ccccc2c1=O. The first kappa shape index (κ1) is 20.0. The molecule has 2 amide bonds. The smallest absolute Gasteiger partial charge is 0.267 e. The molecule has 4 aromatic rings. The topological polar surface area (TPSA) is 93.1 Å². The maximum atomic E-state index is 12.8. The van der Waals surface area contributed by atoms with Crippen LogP contribution in [0, 0.1) is 0 Å². The Labute approximate surface area is 178 Å². The van der Waals surface area contributed by atoms with Gasteiger partial charge in [0.15, 0.2) is 5.69 Å². The van der Waals surface area contributed by atoms with Gasteiger partial charge in [0.1, 0.15) is 0 Å². The highest BCUT2D eigenvalue weighted by molar-refractivity contribution is 6.06. The normalized spacial score (nSPS) is 10.6. The molecule has 3 aromatic carbocycles. The van der Waals surface area contributed by atoms with Crippen LogP contribution >= 0.6 is 0 Å². The van der Waals surface area contributed by atoms with Crippen molar-refractivity contribution in [2.45, 2.75) is 6.42 Å². The van der Waals surface area contributed by atoms with Gasteiger partial charge in [-0.15, -0.1) is 0 Å². The Morgan fingerprint density at radius 3 is 2.19 bits per heavy atom. The lowest BCUT2D eigenvalue weighted by atomic mass is 9.99. The number of carbonyl (C=O) groups is 2. The summed E-state index contributed by atoms with van der Waals surface area (Å²) in [5, 5.41) is 4.86. The lowest BCUT2D eigenvalue weighted by Crippen LogP contribution is -2.43. The summed E-state index contributed by atoms with van der Waals surface area (Å²) >= 11 is 0. The average Bonchev–Trinajstić information content (AvgIpc) is 2.80. The molecule has 1 heterocycles. The van der Waals surface area contributed by atoms with Crippen LogP contribution in [0.1, 0.15) is 32.0 Å². The molecule has 7 nitrogen and oxygen atoms in total. The van der Waals surface area contributed by atoms with Crippen LogP contribution in [-0.4, -0.2) is 21.6 Å². The first-order chi connectivity index (χ1) is 15.0. The van der Waals surface area contributed by atoms with Crippen molar-refractivity contribution in [3.05, 3.63) is 112 Å². The van der Waals surface area contributed by atoms with Crippen LogP contribution in [0.15, 0.2) is 83.7 Å². The molecule has 0 atom stereocenters. The third-order valence-electron chi connectivity index (χ3n) is 4.96. The van der Waals surface area contributed by atoms with Gasteiger partial charge in [0, 0.05) is 18.0 Å². The summed E-state index contributed by atoms with van der Waals surface area (Å²) in [5.74, 6) is -1.05. The standard InChI is InChI=1S/C24H20N4O3/c1-28-24(31)20-14-8-7-13-19(20)21(27-28)23(30)26-25-22(29)18-12-6-5-11-17(18)15-16-9-3-2-4-10-16/h2-14H,15H2,1H3,(H,25,29)(H,26,30). The summed E-state index contributed by atoms with van der Waals surface area (Å²) in [6.07, 6.45) is 0.589. The van der Waals surface area contributed by atoms with E-state index >= 15 is 0 Å².